The van der Waals surface area contributed by atoms with Gasteiger partial charge < -0.3 is 15.1 Å². The molecule has 0 unspecified atom stereocenters. The van der Waals surface area contributed by atoms with Gasteiger partial charge in [0, 0.05) is 17.7 Å². The Morgan fingerprint density at radius 1 is 1.30 bits per heavy atom. The number of nitrogens with zero attached hydrogens (tertiary/aromatic N) is 1. The van der Waals surface area contributed by atoms with Gasteiger partial charge >= 0.3 is 5.97 Å². The zero-order valence-corrected chi connectivity index (χ0v) is 12.4. The van der Waals surface area contributed by atoms with E-state index < -0.39 is 11.4 Å². The van der Waals surface area contributed by atoms with E-state index in [1.54, 1.807) is 6.07 Å². The summed E-state index contributed by atoms with van der Waals surface area (Å²) in [6.45, 7) is 2.56. The maximum Gasteiger partial charge on any atom is 0.314 e. The SMILES string of the molecule is Cc1ccc(C2(C(=O)O)CCCC2)c(O)c1CN(C)C. The monoisotopic (exact) mass is 277 g/mol. The average molecular weight is 277 g/mol. The van der Waals surface area contributed by atoms with Gasteiger partial charge in [-0.05, 0) is 39.4 Å². The van der Waals surface area contributed by atoms with Crippen LogP contribution in [-0.2, 0) is 16.8 Å². The van der Waals surface area contributed by atoms with Crippen LogP contribution in [0.2, 0.25) is 0 Å². The maximum atomic E-state index is 11.8. The molecular weight excluding hydrogens is 254 g/mol. The van der Waals surface area contributed by atoms with Crippen molar-refractivity contribution in [3.05, 3.63) is 28.8 Å². The molecule has 1 saturated carbocycles. The lowest BCUT2D eigenvalue weighted by Gasteiger charge is -2.27. The van der Waals surface area contributed by atoms with Gasteiger partial charge in [0.2, 0.25) is 0 Å². The van der Waals surface area contributed by atoms with Crippen LogP contribution in [0.4, 0.5) is 0 Å². The van der Waals surface area contributed by atoms with E-state index in [4.69, 9.17) is 0 Å². The first-order chi connectivity index (χ1) is 9.38. The number of carboxylic acid groups (broad SMARTS) is 1. The Morgan fingerprint density at radius 2 is 1.90 bits per heavy atom. The highest BCUT2D eigenvalue weighted by Crippen LogP contribution is 2.46. The van der Waals surface area contributed by atoms with Gasteiger partial charge in [-0.1, -0.05) is 25.0 Å². The molecule has 0 aromatic heterocycles. The number of carbonyl (C=O) groups is 1. The molecule has 20 heavy (non-hydrogen) atoms. The van der Waals surface area contributed by atoms with Crippen molar-refractivity contribution in [3.63, 3.8) is 0 Å². The number of hydrogen-bond donors (Lipinski definition) is 2. The van der Waals surface area contributed by atoms with Crippen molar-refractivity contribution in [3.8, 4) is 5.75 Å². The van der Waals surface area contributed by atoms with Crippen LogP contribution in [0.3, 0.4) is 0 Å². The van der Waals surface area contributed by atoms with E-state index in [9.17, 15) is 15.0 Å². The van der Waals surface area contributed by atoms with E-state index in [0.29, 0.717) is 24.9 Å². The van der Waals surface area contributed by atoms with Crippen molar-refractivity contribution >= 4 is 5.97 Å². The molecule has 2 N–H and O–H groups in total. The Labute approximate surface area is 120 Å². The minimum Gasteiger partial charge on any atom is -0.507 e. The van der Waals surface area contributed by atoms with Crippen molar-refractivity contribution in [2.45, 2.75) is 44.6 Å². The van der Waals surface area contributed by atoms with Crippen LogP contribution in [0.15, 0.2) is 12.1 Å². The number of phenols is 1. The number of aryl methyl sites for hydroxylation is 1. The molecule has 1 aliphatic rings. The predicted molar refractivity (Wildman–Crippen MR) is 78.0 cm³/mol. The topological polar surface area (TPSA) is 60.8 Å². The largest absolute Gasteiger partial charge is 0.507 e. The van der Waals surface area contributed by atoms with Gasteiger partial charge in [0.05, 0.1) is 5.41 Å². The van der Waals surface area contributed by atoms with Crippen LogP contribution in [0.1, 0.15) is 42.4 Å². The van der Waals surface area contributed by atoms with Crippen LogP contribution in [0.25, 0.3) is 0 Å². The molecule has 1 fully saturated rings. The van der Waals surface area contributed by atoms with Crippen LogP contribution >= 0.6 is 0 Å². The van der Waals surface area contributed by atoms with Crippen LogP contribution in [0, 0.1) is 6.92 Å². The van der Waals surface area contributed by atoms with Gasteiger partial charge in [-0.25, -0.2) is 0 Å². The second-order valence-electron chi connectivity index (χ2n) is 6.09. The molecule has 0 heterocycles. The number of rotatable bonds is 4. The van der Waals surface area contributed by atoms with Gasteiger partial charge in [-0.2, -0.15) is 0 Å². The molecule has 110 valence electrons. The molecule has 0 saturated heterocycles. The number of hydrogen-bond acceptors (Lipinski definition) is 3. The van der Waals surface area contributed by atoms with Crippen LogP contribution in [0.5, 0.6) is 5.75 Å². The molecule has 0 atom stereocenters. The summed E-state index contributed by atoms with van der Waals surface area (Å²) in [5, 5.41) is 20.3. The minimum atomic E-state index is -0.904. The number of phenolic OH excluding ortho intramolecular Hbond substituents is 1. The van der Waals surface area contributed by atoms with Crippen molar-refractivity contribution < 1.29 is 15.0 Å². The number of carboxylic acids is 1. The summed E-state index contributed by atoms with van der Waals surface area (Å²) < 4.78 is 0. The summed E-state index contributed by atoms with van der Waals surface area (Å²) in [5.74, 6) is -0.645. The van der Waals surface area contributed by atoms with Crippen molar-refractivity contribution in [1.29, 1.82) is 0 Å². The second kappa shape index (κ2) is 5.44. The standard InChI is InChI=1S/C16H23NO3/c1-11-6-7-13(14(18)12(11)10-17(2)3)16(15(19)20)8-4-5-9-16/h6-7,18H,4-5,8-10H2,1-3H3,(H,19,20). The molecule has 0 amide bonds. The van der Waals surface area contributed by atoms with E-state index in [1.807, 2.05) is 32.0 Å². The Morgan fingerprint density at radius 3 is 2.40 bits per heavy atom. The third-order valence-electron chi connectivity index (χ3n) is 4.37. The summed E-state index contributed by atoms with van der Waals surface area (Å²) in [5.41, 5.74) is 1.52. The summed E-state index contributed by atoms with van der Waals surface area (Å²) >= 11 is 0. The van der Waals surface area contributed by atoms with Gasteiger partial charge in [0.25, 0.3) is 0 Å². The molecule has 0 bridgehead atoms. The predicted octanol–water partition coefficient (Wildman–Crippen LogP) is 2.66. The van der Waals surface area contributed by atoms with Crippen LogP contribution < -0.4 is 0 Å². The highest BCUT2D eigenvalue weighted by molar-refractivity contribution is 5.83. The van der Waals surface area contributed by atoms with Crippen molar-refractivity contribution in [2.24, 2.45) is 0 Å². The van der Waals surface area contributed by atoms with E-state index >= 15 is 0 Å². The first kappa shape index (κ1) is 14.9. The fraction of sp³-hybridized carbons (Fsp3) is 0.562. The minimum absolute atomic E-state index is 0.169. The second-order valence-corrected chi connectivity index (χ2v) is 6.09. The van der Waals surface area contributed by atoms with E-state index in [-0.39, 0.29) is 5.75 Å². The molecule has 1 aliphatic carbocycles. The summed E-state index contributed by atoms with van der Waals surface area (Å²) in [6, 6.07) is 3.72. The quantitative estimate of drug-likeness (QED) is 0.888. The number of aromatic hydroxyl groups is 1. The molecule has 4 heteroatoms. The lowest BCUT2D eigenvalue weighted by Crippen LogP contribution is -2.33. The Balaban J connectivity index is 2.54. The molecule has 0 radical (unpaired) electrons. The van der Waals surface area contributed by atoms with Gasteiger partial charge in [0.1, 0.15) is 5.75 Å². The van der Waals surface area contributed by atoms with E-state index in [1.165, 1.54) is 0 Å². The third kappa shape index (κ3) is 2.40. The molecule has 0 aliphatic heterocycles. The maximum absolute atomic E-state index is 11.8. The lowest BCUT2D eigenvalue weighted by atomic mass is 9.77. The molecular formula is C16H23NO3. The lowest BCUT2D eigenvalue weighted by molar-refractivity contribution is -0.143. The summed E-state index contributed by atoms with van der Waals surface area (Å²) in [4.78, 5) is 13.8. The third-order valence-corrected chi connectivity index (χ3v) is 4.37. The number of aliphatic carboxylic acids is 1. The van der Waals surface area contributed by atoms with E-state index in [2.05, 4.69) is 0 Å². The smallest absolute Gasteiger partial charge is 0.314 e. The molecule has 1 aromatic carbocycles. The highest BCUT2D eigenvalue weighted by Gasteiger charge is 2.45. The first-order valence-corrected chi connectivity index (χ1v) is 7.08. The van der Waals surface area contributed by atoms with Gasteiger partial charge in [-0.3, -0.25) is 4.79 Å². The van der Waals surface area contributed by atoms with Crippen molar-refractivity contribution in [1.82, 2.24) is 4.90 Å². The van der Waals surface area contributed by atoms with Crippen LogP contribution in [-0.4, -0.2) is 35.2 Å². The van der Waals surface area contributed by atoms with E-state index in [0.717, 1.165) is 24.0 Å². The molecule has 0 spiro atoms. The fourth-order valence-electron chi connectivity index (χ4n) is 3.22. The molecule has 2 rings (SSSR count). The Hall–Kier alpha value is -1.55. The zero-order valence-electron chi connectivity index (χ0n) is 12.4. The normalized spacial score (nSPS) is 17.6. The highest BCUT2D eigenvalue weighted by atomic mass is 16.4. The Bertz CT molecular complexity index is 517. The zero-order chi connectivity index (χ0) is 14.9. The molecule has 4 nitrogen and oxygen atoms in total. The fourth-order valence-corrected chi connectivity index (χ4v) is 3.22. The van der Waals surface area contributed by atoms with Gasteiger partial charge in [0.15, 0.2) is 0 Å². The summed E-state index contributed by atoms with van der Waals surface area (Å²) in [7, 11) is 3.88. The first-order valence-electron chi connectivity index (χ1n) is 7.08. The molecule has 1 aromatic rings. The van der Waals surface area contributed by atoms with Gasteiger partial charge in [-0.15, -0.1) is 0 Å². The summed E-state index contributed by atoms with van der Waals surface area (Å²) in [6.07, 6.45) is 3.03. The van der Waals surface area contributed by atoms with Crippen molar-refractivity contribution in [2.75, 3.05) is 14.1 Å². The Kier molecular flexibility index (Phi) is 4.04. The average Bonchev–Trinajstić information content (AvgIpc) is 2.84. The number of benzene rings is 1.